The van der Waals surface area contributed by atoms with Crippen molar-refractivity contribution in [2.75, 3.05) is 112 Å². The molecule has 1 saturated heterocycles. The molecule has 0 aliphatic carbocycles. The van der Waals surface area contributed by atoms with Crippen LogP contribution < -0.4 is 5.32 Å². The predicted octanol–water partition coefficient (Wildman–Crippen LogP) is -2.76. The molecule has 0 spiro atoms. The van der Waals surface area contributed by atoms with Crippen LogP contribution in [0.3, 0.4) is 0 Å². The molecule has 0 unspecified atom stereocenters. The minimum atomic E-state index is -1.01. The molecule has 0 aromatic rings. The van der Waals surface area contributed by atoms with Gasteiger partial charge in [0.15, 0.2) is 0 Å². The minimum Gasteiger partial charge on any atom is -0.480 e. The van der Waals surface area contributed by atoms with Crippen molar-refractivity contribution in [1.29, 1.82) is 0 Å². The molecule has 0 atom stereocenters. The zero-order valence-corrected chi connectivity index (χ0v) is 21.2. The standard InChI is InChI=1S/C23H39N5O9/c1-2-12-36-14-15-37-13-3-24-20(29)16-25-4-6-26(17-21(30)31)8-10-28(19-23(34)35)11-9-27(7-5-25)18-22(32)33/h1H,3-19H2,(H,24,29)(H,30,31)(H,32,33)(H,34,35). The molecule has 0 saturated carbocycles. The van der Waals surface area contributed by atoms with Crippen LogP contribution in [0.25, 0.3) is 0 Å². The fraction of sp³-hybridized carbons (Fsp3) is 0.739. The lowest BCUT2D eigenvalue weighted by atomic mass is 10.3. The first kappa shape index (κ1) is 32.2. The van der Waals surface area contributed by atoms with E-state index < -0.39 is 17.9 Å². The zero-order chi connectivity index (χ0) is 27.5. The number of aliphatic carboxylic acids is 3. The van der Waals surface area contributed by atoms with Gasteiger partial charge in [-0.25, -0.2) is 0 Å². The first-order valence-corrected chi connectivity index (χ1v) is 12.1. The van der Waals surface area contributed by atoms with Crippen LogP contribution in [0.5, 0.6) is 0 Å². The lowest BCUT2D eigenvalue weighted by Crippen LogP contribution is -2.50. The quantitative estimate of drug-likeness (QED) is 0.127. The Hall–Kier alpha value is -2.80. The Kier molecular flexibility index (Phi) is 16.8. The van der Waals surface area contributed by atoms with Gasteiger partial charge in [0.25, 0.3) is 0 Å². The summed E-state index contributed by atoms with van der Waals surface area (Å²) < 4.78 is 10.5. The van der Waals surface area contributed by atoms with Gasteiger partial charge in [0.1, 0.15) is 6.61 Å². The summed E-state index contributed by atoms with van der Waals surface area (Å²) in [7, 11) is 0. The van der Waals surface area contributed by atoms with E-state index in [0.717, 1.165) is 0 Å². The number of hydrogen-bond donors (Lipinski definition) is 4. The van der Waals surface area contributed by atoms with Crippen LogP contribution in [0.1, 0.15) is 0 Å². The number of hydrogen-bond acceptors (Lipinski definition) is 10. The van der Waals surface area contributed by atoms with Crippen LogP contribution in [0, 0.1) is 12.3 Å². The highest BCUT2D eigenvalue weighted by Crippen LogP contribution is 2.01. The number of carbonyl (C=O) groups excluding carboxylic acids is 1. The third-order valence-electron chi connectivity index (χ3n) is 5.50. The molecule has 1 amide bonds. The highest BCUT2D eigenvalue weighted by molar-refractivity contribution is 5.78. The molecule has 37 heavy (non-hydrogen) atoms. The smallest absolute Gasteiger partial charge is 0.317 e. The van der Waals surface area contributed by atoms with Crippen LogP contribution in [0.15, 0.2) is 0 Å². The van der Waals surface area contributed by atoms with Crippen molar-refractivity contribution in [1.82, 2.24) is 24.9 Å². The second-order valence-electron chi connectivity index (χ2n) is 8.50. The number of carbonyl (C=O) groups is 4. The van der Waals surface area contributed by atoms with Gasteiger partial charge in [0.05, 0.1) is 46.0 Å². The fourth-order valence-electron chi connectivity index (χ4n) is 3.66. The van der Waals surface area contributed by atoms with Crippen molar-refractivity contribution in [2.24, 2.45) is 0 Å². The Morgan fingerprint density at radius 2 is 1.03 bits per heavy atom. The summed E-state index contributed by atoms with van der Waals surface area (Å²) in [5.41, 5.74) is 0. The highest BCUT2D eigenvalue weighted by atomic mass is 16.5. The van der Waals surface area contributed by atoms with Crippen molar-refractivity contribution in [2.45, 2.75) is 0 Å². The number of carboxylic acids is 3. The van der Waals surface area contributed by atoms with Gasteiger partial charge in [-0.2, -0.15) is 0 Å². The Morgan fingerprint density at radius 3 is 1.41 bits per heavy atom. The number of ether oxygens (including phenoxy) is 2. The van der Waals surface area contributed by atoms with Crippen molar-refractivity contribution in [3.8, 4) is 12.3 Å². The second-order valence-corrected chi connectivity index (χ2v) is 8.50. The van der Waals surface area contributed by atoms with Crippen molar-refractivity contribution in [3.63, 3.8) is 0 Å². The van der Waals surface area contributed by atoms with Gasteiger partial charge < -0.3 is 30.1 Å². The van der Waals surface area contributed by atoms with Crippen LogP contribution >= 0.6 is 0 Å². The molecular weight excluding hydrogens is 490 g/mol. The van der Waals surface area contributed by atoms with Crippen molar-refractivity contribution < 1.29 is 44.0 Å². The monoisotopic (exact) mass is 529 g/mol. The van der Waals surface area contributed by atoms with Gasteiger partial charge >= 0.3 is 17.9 Å². The molecule has 1 heterocycles. The van der Waals surface area contributed by atoms with Crippen molar-refractivity contribution in [3.05, 3.63) is 0 Å². The van der Waals surface area contributed by atoms with Crippen LogP contribution in [-0.2, 0) is 28.7 Å². The number of rotatable bonds is 15. The molecule has 1 aliphatic rings. The molecule has 1 aliphatic heterocycles. The number of nitrogens with one attached hydrogen (secondary N) is 1. The first-order chi connectivity index (χ1) is 17.7. The third kappa shape index (κ3) is 17.3. The molecular formula is C23H39N5O9. The summed E-state index contributed by atoms with van der Waals surface area (Å²) in [5.74, 6) is -0.899. The molecule has 14 heteroatoms. The molecule has 1 fully saturated rings. The van der Waals surface area contributed by atoms with Gasteiger partial charge in [-0.3, -0.25) is 38.8 Å². The number of terminal acetylenes is 1. The predicted molar refractivity (Wildman–Crippen MR) is 132 cm³/mol. The lowest BCUT2D eigenvalue weighted by molar-refractivity contribution is -0.140. The van der Waals surface area contributed by atoms with E-state index in [2.05, 4.69) is 11.2 Å². The summed E-state index contributed by atoms with van der Waals surface area (Å²) in [6.07, 6.45) is 5.08. The number of carboxylic acid groups (broad SMARTS) is 3. The van der Waals surface area contributed by atoms with Crippen LogP contribution in [-0.4, -0.2) is 170 Å². The maximum Gasteiger partial charge on any atom is 0.317 e. The van der Waals surface area contributed by atoms with Crippen molar-refractivity contribution >= 4 is 23.8 Å². The highest BCUT2D eigenvalue weighted by Gasteiger charge is 2.21. The Bertz CT molecular complexity index is 729. The van der Waals surface area contributed by atoms with Gasteiger partial charge in [-0.1, -0.05) is 5.92 Å². The van der Waals surface area contributed by atoms with E-state index in [1.807, 2.05) is 4.90 Å². The van der Waals surface area contributed by atoms with E-state index in [1.54, 1.807) is 14.7 Å². The molecule has 0 aromatic carbocycles. The minimum absolute atomic E-state index is 0.0538. The first-order valence-electron chi connectivity index (χ1n) is 12.1. The third-order valence-corrected chi connectivity index (χ3v) is 5.50. The van der Waals surface area contributed by atoms with E-state index >= 15 is 0 Å². The van der Waals surface area contributed by atoms with E-state index in [-0.39, 0.29) is 38.7 Å². The topological polar surface area (TPSA) is 172 Å². The number of nitrogens with zero attached hydrogens (tertiary/aromatic N) is 4. The summed E-state index contributed by atoms with van der Waals surface area (Å²) >= 11 is 0. The molecule has 0 radical (unpaired) electrons. The summed E-state index contributed by atoms with van der Waals surface area (Å²) in [5, 5.41) is 30.5. The van der Waals surface area contributed by atoms with Gasteiger partial charge in [0, 0.05) is 58.9 Å². The molecule has 14 nitrogen and oxygen atoms in total. The number of amides is 1. The Morgan fingerprint density at radius 1 is 0.649 bits per heavy atom. The zero-order valence-electron chi connectivity index (χ0n) is 21.2. The molecule has 0 bridgehead atoms. The van der Waals surface area contributed by atoms with E-state index in [0.29, 0.717) is 78.7 Å². The average Bonchev–Trinajstić information content (AvgIpc) is 2.81. The fourth-order valence-corrected chi connectivity index (χ4v) is 3.66. The summed E-state index contributed by atoms with van der Waals surface area (Å²) in [6.45, 7) is 3.65. The Balaban J connectivity index is 2.71. The normalized spacial score (nSPS) is 17.3. The van der Waals surface area contributed by atoms with E-state index in [9.17, 15) is 34.5 Å². The average molecular weight is 530 g/mol. The molecule has 4 N–H and O–H groups in total. The maximum atomic E-state index is 12.5. The van der Waals surface area contributed by atoms with Crippen LogP contribution in [0.4, 0.5) is 0 Å². The lowest BCUT2D eigenvalue weighted by Gasteiger charge is -2.32. The van der Waals surface area contributed by atoms with Gasteiger partial charge in [-0.15, -0.1) is 6.42 Å². The molecule has 210 valence electrons. The van der Waals surface area contributed by atoms with E-state index in [4.69, 9.17) is 15.9 Å². The van der Waals surface area contributed by atoms with E-state index in [1.165, 1.54) is 0 Å². The summed E-state index contributed by atoms with van der Waals surface area (Å²) in [4.78, 5) is 53.3. The molecule has 1 rings (SSSR count). The molecule has 0 aromatic heterocycles. The maximum absolute atomic E-state index is 12.5. The van der Waals surface area contributed by atoms with Crippen LogP contribution in [0.2, 0.25) is 0 Å². The SMILES string of the molecule is C#CCOCCOCCNC(=O)CN1CCN(CC(=O)O)CCN(CC(=O)O)CCN(CC(=O)O)CC1. The summed E-state index contributed by atoms with van der Waals surface area (Å²) in [6, 6.07) is 0. The van der Waals surface area contributed by atoms with Gasteiger partial charge in [0.2, 0.25) is 5.91 Å². The largest absolute Gasteiger partial charge is 0.480 e. The Labute approximate surface area is 217 Å². The second kappa shape index (κ2) is 19.3. The van der Waals surface area contributed by atoms with Gasteiger partial charge in [-0.05, 0) is 0 Å².